The third-order valence-electron chi connectivity index (χ3n) is 2.96. The maximum absolute atomic E-state index is 12.5. The summed E-state index contributed by atoms with van der Waals surface area (Å²) in [4.78, 5) is 0. The Morgan fingerprint density at radius 2 is 1.55 bits per heavy atom. The van der Waals surface area contributed by atoms with E-state index in [1.54, 1.807) is 0 Å². The van der Waals surface area contributed by atoms with E-state index in [1.165, 1.54) is 12.1 Å². The van der Waals surface area contributed by atoms with Gasteiger partial charge in [-0.2, -0.15) is 13.2 Å². The average Bonchev–Trinajstić information content (AvgIpc) is 2.38. The topological polar surface area (TPSA) is 26.0 Å². The molecule has 0 aliphatic carbocycles. The molecule has 0 fully saturated rings. The summed E-state index contributed by atoms with van der Waals surface area (Å²) in [5.41, 5.74) is 7.72. The third-order valence-corrected chi connectivity index (χ3v) is 2.96. The molecule has 0 spiro atoms. The zero-order valence-corrected chi connectivity index (χ0v) is 11.6. The van der Waals surface area contributed by atoms with Gasteiger partial charge in [0.15, 0.2) is 0 Å². The molecule has 0 aromatic heterocycles. The second-order valence-corrected chi connectivity index (χ2v) is 4.49. The van der Waals surface area contributed by atoms with Gasteiger partial charge < -0.3 is 5.73 Å². The number of hydrogen-bond donors (Lipinski definition) is 1. The zero-order valence-electron chi connectivity index (χ0n) is 10.8. The molecule has 0 aliphatic heterocycles. The van der Waals surface area contributed by atoms with Crippen molar-refractivity contribution in [3.8, 4) is 11.1 Å². The van der Waals surface area contributed by atoms with E-state index in [4.69, 9.17) is 5.73 Å². The molecule has 1 unspecified atom stereocenters. The van der Waals surface area contributed by atoms with E-state index in [-0.39, 0.29) is 18.4 Å². The fraction of sp³-hybridized carbons (Fsp3) is 0.200. The minimum absolute atomic E-state index is 0. The molecule has 5 heteroatoms. The smallest absolute Gasteiger partial charge is 0.324 e. The highest BCUT2D eigenvalue weighted by molar-refractivity contribution is 5.85. The van der Waals surface area contributed by atoms with Crippen molar-refractivity contribution in [2.45, 2.75) is 19.1 Å². The molecule has 2 N–H and O–H groups in total. The van der Waals surface area contributed by atoms with Gasteiger partial charge in [0, 0.05) is 6.04 Å². The molecule has 2 aromatic carbocycles. The highest BCUT2D eigenvalue weighted by atomic mass is 35.5. The van der Waals surface area contributed by atoms with E-state index in [9.17, 15) is 13.2 Å². The molecule has 1 atom stereocenters. The lowest BCUT2D eigenvalue weighted by atomic mass is 9.99. The highest BCUT2D eigenvalue weighted by Gasteiger charge is 2.29. The van der Waals surface area contributed by atoms with E-state index in [0.29, 0.717) is 0 Å². The van der Waals surface area contributed by atoms with Gasteiger partial charge in [-0.15, -0.1) is 12.4 Å². The quantitative estimate of drug-likeness (QED) is 0.846. The lowest BCUT2D eigenvalue weighted by molar-refractivity contribution is -0.137. The van der Waals surface area contributed by atoms with Crippen molar-refractivity contribution in [2.24, 2.45) is 5.73 Å². The first kappa shape index (κ1) is 16.5. The Hall–Kier alpha value is -1.52. The van der Waals surface area contributed by atoms with Gasteiger partial charge >= 0.3 is 6.18 Å². The number of alkyl halides is 3. The predicted molar refractivity (Wildman–Crippen MR) is 76.7 cm³/mol. The zero-order chi connectivity index (χ0) is 14.0. The molecule has 2 rings (SSSR count). The van der Waals surface area contributed by atoms with E-state index in [1.807, 2.05) is 31.2 Å². The van der Waals surface area contributed by atoms with Crippen LogP contribution in [-0.4, -0.2) is 0 Å². The van der Waals surface area contributed by atoms with Crippen LogP contribution in [0.15, 0.2) is 48.5 Å². The van der Waals surface area contributed by atoms with Gasteiger partial charge in [0.1, 0.15) is 0 Å². The Kier molecular flexibility index (Phi) is 5.20. The van der Waals surface area contributed by atoms with Crippen LogP contribution < -0.4 is 5.73 Å². The summed E-state index contributed by atoms with van der Waals surface area (Å²) in [5, 5.41) is 0. The van der Waals surface area contributed by atoms with Crippen molar-refractivity contribution in [3.05, 3.63) is 59.7 Å². The van der Waals surface area contributed by atoms with E-state index in [2.05, 4.69) is 0 Å². The molecule has 0 saturated carbocycles. The van der Waals surface area contributed by atoms with Crippen LogP contribution in [0.2, 0.25) is 0 Å². The Morgan fingerprint density at radius 3 is 2.05 bits per heavy atom. The van der Waals surface area contributed by atoms with Crippen LogP contribution in [0.25, 0.3) is 11.1 Å². The molecule has 2 aromatic rings. The summed E-state index contributed by atoms with van der Waals surface area (Å²) >= 11 is 0. The minimum atomic E-state index is -4.30. The van der Waals surface area contributed by atoms with E-state index < -0.39 is 11.7 Å². The van der Waals surface area contributed by atoms with Gasteiger partial charge in [0.05, 0.1) is 5.56 Å². The molecule has 0 bridgehead atoms. The summed E-state index contributed by atoms with van der Waals surface area (Å²) in [6, 6.07) is 12.5. The SMILES string of the molecule is CC(N)c1cccc(-c2ccc(C(F)(F)F)cc2)c1.Cl. The van der Waals surface area contributed by atoms with Crippen molar-refractivity contribution >= 4 is 12.4 Å². The Bertz CT molecular complexity index is 562. The van der Waals surface area contributed by atoms with Crippen molar-refractivity contribution in [3.63, 3.8) is 0 Å². The number of rotatable bonds is 2. The normalized spacial score (nSPS) is 12.7. The summed E-state index contributed by atoms with van der Waals surface area (Å²) in [6.45, 7) is 1.87. The van der Waals surface area contributed by atoms with Crippen molar-refractivity contribution in [1.82, 2.24) is 0 Å². The average molecular weight is 302 g/mol. The molecule has 0 amide bonds. The fourth-order valence-corrected chi connectivity index (χ4v) is 1.85. The fourth-order valence-electron chi connectivity index (χ4n) is 1.85. The van der Waals surface area contributed by atoms with Crippen LogP contribution in [0.1, 0.15) is 24.1 Å². The van der Waals surface area contributed by atoms with E-state index in [0.717, 1.165) is 28.8 Å². The van der Waals surface area contributed by atoms with Crippen LogP contribution in [0.5, 0.6) is 0 Å². The van der Waals surface area contributed by atoms with Crippen molar-refractivity contribution in [2.75, 3.05) is 0 Å². The molecule has 0 saturated heterocycles. The van der Waals surface area contributed by atoms with Crippen molar-refractivity contribution < 1.29 is 13.2 Å². The third kappa shape index (κ3) is 3.74. The van der Waals surface area contributed by atoms with Crippen LogP contribution in [0, 0.1) is 0 Å². The van der Waals surface area contributed by atoms with Gasteiger partial charge in [0.25, 0.3) is 0 Å². The molecule has 0 radical (unpaired) electrons. The molecule has 0 aliphatic rings. The van der Waals surface area contributed by atoms with Crippen LogP contribution in [0.3, 0.4) is 0 Å². The van der Waals surface area contributed by atoms with Crippen LogP contribution >= 0.6 is 12.4 Å². The standard InChI is InChI=1S/C15H14F3N.ClH/c1-10(19)12-3-2-4-13(9-12)11-5-7-14(8-6-11)15(16,17)18;/h2-10H,19H2,1H3;1H. The van der Waals surface area contributed by atoms with Gasteiger partial charge in [-0.1, -0.05) is 30.3 Å². The van der Waals surface area contributed by atoms with Gasteiger partial charge in [0.2, 0.25) is 0 Å². The first-order chi connectivity index (χ1) is 8.88. The minimum Gasteiger partial charge on any atom is -0.324 e. The van der Waals surface area contributed by atoms with Crippen LogP contribution in [-0.2, 0) is 6.18 Å². The maximum atomic E-state index is 12.5. The van der Waals surface area contributed by atoms with Gasteiger partial charge in [-0.3, -0.25) is 0 Å². The van der Waals surface area contributed by atoms with Gasteiger partial charge in [-0.25, -0.2) is 0 Å². The molecule has 0 heterocycles. The molecule has 1 nitrogen and oxygen atoms in total. The molecular weight excluding hydrogens is 287 g/mol. The number of benzene rings is 2. The maximum Gasteiger partial charge on any atom is 0.416 e. The lowest BCUT2D eigenvalue weighted by Gasteiger charge is -2.10. The Balaban J connectivity index is 0.00000200. The Morgan fingerprint density at radius 1 is 0.950 bits per heavy atom. The monoisotopic (exact) mass is 301 g/mol. The first-order valence-corrected chi connectivity index (χ1v) is 5.91. The second kappa shape index (κ2) is 6.29. The number of nitrogens with two attached hydrogens (primary N) is 1. The van der Waals surface area contributed by atoms with Crippen molar-refractivity contribution in [1.29, 1.82) is 0 Å². The highest BCUT2D eigenvalue weighted by Crippen LogP contribution is 2.31. The number of hydrogen-bond acceptors (Lipinski definition) is 1. The van der Waals surface area contributed by atoms with Gasteiger partial charge in [-0.05, 0) is 41.8 Å². The summed E-state index contributed by atoms with van der Waals surface area (Å²) in [6.07, 6.45) is -4.30. The van der Waals surface area contributed by atoms with E-state index >= 15 is 0 Å². The second-order valence-electron chi connectivity index (χ2n) is 4.49. The Labute approximate surface area is 122 Å². The summed E-state index contributed by atoms with van der Waals surface area (Å²) < 4.78 is 37.4. The summed E-state index contributed by atoms with van der Waals surface area (Å²) in [5.74, 6) is 0. The summed E-state index contributed by atoms with van der Waals surface area (Å²) in [7, 11) is 0. The van der Waals surface area contributed by atoms with Crippen LogP contribution in [0.4, 0.5) is 13.2 Å². The largest absolute Gasteiger partial charge is 0.416 e. The number of halogens is 4. The lowest BCUT2D eigenvalue weighted by Crippen LogP contribution is -2.05. The molecule has 20 heavy (non-hydrogen) atoms. The molecule has 108 valence electrons. The predicted octanol–water partition coefficient (Wildman–Crippen LogP) is 4.81. The first-order valence-electron chi connectivity index (χ1n) is 5.91. The molecular formula is C15H15ClF3N.